The molecule has 0 aromatic heterocycles. The summed E-state index contributed by atoms with van der Waals surface area (Å²) in [6, 6.07) is 0. The Bertz CT molecular complexity index is 106. The van der Waals surface area contributed by atoms with Crippen molar-refractivity contribution in [2.45, 2.75) is 6.92 Å². The Morgan fingerprint density at radius 3 is 2.33 bits per heavy atom. The maximum Gasteiger partial charge on any atom is 0.340 e. The van der Waals surface area contributed by atoms with Crippen LogP contribution in [0.4, 0.5) is 0 Å². The Morgan fingerprint density at radius 2 is 2.33 bits per heavy atom. The minimum atomic E-state index is -1.07. The van der Waals surface area contributed by atoms with Gasteiger partial charge in [0.1, 0.15) is 0 Å². The average Bonchev–Trinajstić information content (AvgIpc) is 1.35. The summed E-state index contributed by atoms with van der Waals surface area (Å²) in [6.45, 7) is 1.48. The van der Waals surface area contributed by atoms with Crippen LogP contribution in [0.2, 0.25) is 0 Å². The van der Waals surface area contributed by atoms with Crippen molar-refractivity contribution in [3.05, 3.63) is 0 Å². The van der Waals surface area contributed by atoms with Gasteiger partial charge in [0, 0.05) is 0 Å². The number of nitrogens with zero attached hydrogens (tertiary/aromatic N) is 1. The number of rotatable bonds is 0. The van der Waals surface area contributed by atoms with Crippen LogP contribution >= 0.6 is 0 Å². The van der Waals surface area contributed by atoms with Crippen molar-refractivity contribution in [1.82, 2.24) is 5.73 Å². The second kappa shape index (κ2) is 2.28. The van der Waals surface area contributed by atoms with Crippen LogP contribution < -0.4 is 5.73 Å². The topological polar surface area (TPSA) is 39.4 Å². The van der Waals surface area contributed by atoms with Crippen LogP contribution in [0.3, 0.4) is 0 Å². The van der Waals surface area contributed by atoms with Crippen molar-refractivity contribution in [2.75, 3.05) is 0 Å². The van der Waals surface area contributed by atoms with Crippen molar-refractivity contribution in [3.8, 4) is 11.8 Å². The first kappa shape index (κ1) is 5.03. The normalized spacial score (nSPS) is 5.50. The molecule has 2 nitrogen and oxygen atoms in total. The number of hydrogen-bond acceptors (Lipinski definition) is 1. The lowest BCUT2D eigenvalue weighted by atomic mass is 10.6. The van der Waals surface area contributed by atoms with Gasteiger partial charge in [-0.15, -0.1) is 0 Å². The predicted octanol–water partition coefficient (Wildman–Crippen LogP) is -0.395. The van der Waals surface area contributed by atoms with E-state index in [1.807, 2.05) is 5.92 Å². The molecule has 0 unspecified atom stereocenters. The smallest absolute Gasteiger partial charge is 0.255 e. The van der Waals surface area contributed by atoms with E-state index in [2.05, 4.69) is 5.92 Å². The summed E-state index contributed by atoms with van der Waals surface area (Å²) < 4.78 is 0. The lowest BCUT2D eigenvalue weighted by molar-refractivity contribution is -0.113. The van der Waals surface area contributed by atoms with E-state index in [1.165, 1.54) is 6.92 Å². The molecule has 0 atom stereocenters. The van der Waals surface area contributed by atoms with E-state index in [1.54, 1.807) is 0 Å². The van der Waals surface area contributed by atoms with Gasteiger partial charge in [-0.1, -0.05) is 11.7 Å². The molecule has 0 saturated carbocycles. The molecule has 30 valence electrons. The quantitative estimate of drug-likeness (QED) is 0.366. The molecular weight excluding hydrogens is 78.0 g/mol. The van der Waals surface area contributed by atoms with E-state index in [0.717, 1.165) is 0 Å². The van der Waals surface area contributed by atoms with Gasteiger partial charge in [-0.2, -0.15) is 0 Å². The van der Waals surface area contributed by atoms with Crippen LogP contribution in [-0.2, 0) is 4.79 Å². The van der Waals surface area contributed by atoms with Crippen LogP contribution in [0.25, 0.3) is 0 Å². The van der Waals surface area contributed by atoms with E-state index in [-0.39, 0.29) is 0 Å². The highest BCUT2D eigenvalue weighted by Crippen LogP contribution is 1.49. The summed E-state index contributed by atoms with van der Waals surface area (Å²) in [5.41, 5.74) is 7.74. The third-order valence-corrected chi connectivity index (χ3v) is 0.232. The SMILES string of the molecule is CC#CC([N])=O. The van der Waals surface area contributed by atoms with Gasteiger partial charge in [0.25, 0.3) is 0 Å². The zero-order chi connectivity index (χ0) is 4.99. The van der Waals surface area contributed by atoms with E-state index in [4.69, 9.17) is 5.73 Å². The minimum Gasteiger partial charge on any atom is -0.255 e. The van der Waals surface area contributed by atoms with Gasteiger partial charge in [0.05, 0.1) is 0 Å². The summed E-state index contributed by atoms with van der Waals surface area (Å²) in [5.74, 6) is 3.02. The predicted molar refractivity (Wildman–Crippen MR) is 20.6 cm³/mol. The summed E-state index contributed by atoms with van der Waals surface area (Å²) in [5, 5.41) is 0. The molecule has 0 heterocycles. The molecule has 0 saturated heterocycles. The molecule has 0 aromatic rings. The van der Waals surface area contributed by atoms with Gasteiger partial charge in [0.15, 0.2) is 0 Å². The Hall–Kier alpha value is -0.970. The van der Waals surface area contributed by atoms with Gasteiger partial charge >= 0.3 is 5.91 Å². The number of amides is 1. The highest BCUT2D eigenvalue weighted by atomic mass is 16.1. The van der Waals surface area contributed by atoms with Gasteiger partial charge < -0.3 is 0 Å². The highest BCUT2D eigenvalue weighted by molar-refractivity contribution is 5.91. The number of carbonyl (C=O) groups excluding carboxylic acids is 1. The Balaban J connectivity index is 3.50. The Labute approximate surface area is 36.3 Å². The second-order valence-corrected chi connectivity index (χ2v) is 0.680. The summed E-state index contributed by atoms with van der Waals surface area (Å²) in [6.07, 6.45) is 0. The molecule has 0 aliphatic heterocycles. The fraction of sp³-hybridized carbons (Fsp3) is 0.250. The summed E-state index contributed by atoms with van der Waals surface area (Å²) >= 11 is 0. The highest BCUT2D eigenvalue weighted by Gasteiger charge is 1.78. The fourth-order valence-corrected chi connectivity index (χ4v) is 0.107. The summed E-state index contributed by atoms with van der Waals surface area (Å²) in [7, 11) is 0. The van der Waals surface area contributed by atoms with Crippen molar-refractivity contribution in [2.24, 2.45) is 0 Å². The molecule has 6 heavy (non-hydrogen) atoms. The largest absolute Gasteiger partial charge is 0.340 e. The lowest BCUT2D eigenvalue weighted by Crippen LogP contribution is -1.88. The Morgan fingerprint density at radius 1 is 1.83 bits per heavy atom. The molecule has 0 aliphatic carbocycles. The van der Waals surface area contributed by atoms with Crippen LogP contribution in [0.15, 0.2) is 0 Å². The maximum absolute atomic E-state index is 9.43. The van der Waals surface area contributed by atoms with Gasteiger partial charge in [-0.25, -0.2) is 0 Å². The van der Waals surface area contributed by atoms with E-state index >= 15 is 0 Å². The molecule has 0 aromatic carbocycles. The van der Waals surface area contributed by atoms with Gasteiger partial charge in [-0.3, -0.25) is 4.79 Å². The van der Waals surface area contributed by atoms with Crippen LogP contribution in [0, 0.1) is 11.8 Å². The van der Waals surface area contributed by atoms with Crippen LogP contribution in [-0.4, -0.2) is 5.91 Å². The molecular formula is C4H3NO. The number of hydrogen-bond donors (Lipinski definition) is 0. The minimum absolute atomic E-state index is 1.07. The fourth-order valence-electron chi connectivity index (χ4n) is 0.107. The third kappa shape index (κ3) is 3.03. The van der Waals surface area contributed by atoms with Crippen molar-refractivity contribution in [3.63, 3.8) is 0 Å². The molecule has 0 N–H and O–H groups in total. The molecule has 0 fully saturated rings. The molecule has 0 bridgehead atoms. The second-order valence-electron chi connectivity index (χ2n) is 0.680. The molecule has 0 rings (SSSR count). The van der Waals surface area contributed by atoms with Gasteiger partial charge in [0.2, 0.25) is 0 Å². The lowest BCUT2D eigenvalue weighted by Gasteiger charge is -1.57. The van der Waals surface area contributed by atoms with Crippen LogP contribution in [0.5, 0.6) is 0 Å². The first-order valence-electron chi connectivity index (χ1n) is 1.43. The molecule has 0 spiro atoms. The maximum atomic E-state index is 9.43. The number of carbonyl (C=O) groups is 1. The molecule has 0 aliphatic rings. The first-order valence-corrected chi connectivity index (χ1v) is 1.43. The van der Waals surface area contributed by atoms with E-state index in [0.29, 0.717) is 0 Å². The average molecular weight is 81.1 g/mol. The summed E-state index contributed by atoms with van der Waals surface area (Å²) in [4.78, 5) is 9.43. The third-order valence-electron chi connectivity index (χ3n) is 0.232. The molecule has 1 amide bonds. The first-order chi connectivity index (χ1) is 2.77. The van der Waals surface area contributed by atoms with E-state index in [9.17, 15) is 4.79 Å². The van der Waals surface area contributed by atoms with E-state index < -0.39 is 5.91 Å². The van der Waals surface area contributed by atoms with Crippen molar-refractivity contribution in [1.29, 1.82) is 0 Å². The van der Waals surface area contributed by atoms with Gasteiger partial charge in [-0.05, 0) is 12.8 Å². The van der Waals surface area contributed by atoms with Crippen molar-refractivity contribution < 1.29 is 4.79 Å². The zero-order valence-electron chi connectivity index (χ0n) is 3.36. The van der Waals surface area contributed by atoms with Crippen molar-refractivity contribution >= 4 is 5.91 Å². The Kier molecular flexibility index (Phi) is 1.91. The molecule has 2 heteroatoms. The monoisotopic (exact) mass is 81.0 g/mol. The standard InChI is InChI=1S/C4H3NO/c1-2-3-4(5)6/h1H3. The molecule has 2 radical (unpaired) electrons. The van der Waals surface area contributed by atoms with Crippen LogP contribution in [0.1, 0.15) is 6.92 Å². The zero-order valence-corrected chi connectivity index (χ0v) is 3.36.